The Morgan fingerprint density at radius 3 is 2.88 bits per heavy atom. The van der Waals surface area contributed by atoms with Gasteiger partial charge in [0.25, 0.3) is 5.91 Å². The van der Waals surface area contributed by atoms with Gasteiger partial charge in [-0.1, -0.05) is 47.7 Å². The van der Waals surface area contributed by atoms with Gasteiger partial charge in [0, 0.05) is 31.1 Å². The molecule has 1 atom stereocenters. The van der Waals surface area contributed by atoms with Crippen LogP contribution in [0, 0.1) is 0 Å². The molecule has 0 saturated carbocycles. The van der Waals surface area contributed by atoms with E-state index in [2.05, 4.69) is 25.6 Å². The molecule has 3 rings (SSSR count). The fourth-order valence-electron chi connectivity index (χ4n) is 2.45. The maximum absolute atomic E-state index is 12.3. The fraction of sp³-hybridized carbons (Fsp3) is 0.211. The maximum atomic E-state index is 12.3. The van der Waals surface area contributed by atoms with Gasteiger partial charge in [-0.15, -0.1) is 5.10 Å². The molecule has 0 saturated heterocycles. The Balaban J connectivity index is 1.52. The Morgan fingerprint density at radius 1 is 1.27 bits per heavy atom. The van der Waals surface area contributed by atoms with Gasteiger partial charge >= 0.3 is 0 Å². The first-order valence-corrected chi connectivity index (χ1v) is 8.38. The Bertz CT molecular complexity index is 860. The van der Waals surface area contributed by atoms with Gasteiger partial charge in [0.2, 0.25) is 0 Å². The minimum Gasteiger partial charge on any atom is -0.348 e. The molecule has 0 radical (unpaired) electrons. The van der Waals surface area contributed by atoms with E-state index < -0.39 is 0 Å². The predicted octanol–water partition coefficient (Wildman–Crippen LogP) is 2.14. The number of nitrogens with zero attached hydrogens (tertiary/aromatic N) is 5. The summed E-state index contributed by atoms with van der Waals surface area (Å²) >= 11 is 0. The average Bonchev–Trinajstić information content (AvgIpc) is 3.12. The molecule has 132 valence electrons. The van der Waals surface area contributed by atoms with Gasteiger partial charge in [0.05, 0.1) is 18.4 Å². The van der Waals surface area contributed by atoms with Crippen molar-refractivity contribution in [3.05, 3.63) is 78.1 Å². The number of carbonyl (C=O) groups excluding carboxylic acids is 1. The molecule has 1 N–H and O–H groups in total. The summed E-state index contributed by atoms with van der Waals surface area (Å²) in [5.41, 5.74) is 2.24. The van der Waals surface area contributed by atoms with Gasteiger partial charge in [0.15, 0.2) is 5.69 Å². The van der Waals surface area contributed by atoms with Gasteiger partial charge in [0.1, 0.15) is 0 Å². The zero-order valence-corrected chi connectivity index (χ0v) is 14.5. The molecule has 3 aromatic rings. The van der Waals surface area contributed by atoms with Crippen LogP contribution >= 0.6 is 0 Å². The topological polar surface area (TPSA) is 85.6 Å². The minimum absolute atomic E-state index is 0.0812. The van der Waals surface area contributed by atoms with Crippen molar-refractivity contribution in [1.82, 2.24) is 30.3 Å². The highest BCUT2D eigenvalue weighted by molar-refractivity contribution is 5.92. The van der Waals surface area contributed by atoms with Crippen LogP contribution in [0.1, 0.15) is 28.7 Å². The Morgan fingerprint density at radius 2 is 2.12 bits per heavy atom. The first-order chi connectivity index (χ1) is 12.7. The van der Waals surface area contributed by atoms with E-state index in [-0.39, 0.29) is 11.9 Å². The molecule has 0 aliphatic rings. The molecule has 0 fully saturated rings. The van der Waals surface area contributed by atoms with Crippen LogP contribution in [-0.4, -0.2) is 36.9 Å². The summed E-state index contributed by atoms with van der Waals surface area (Å²) in [5.74, 6) is -0.250. The molecule has 1 amide bonds. The van der Waals surface area contributed by atoms with E-state index >= 15 is 0 Å². The maximum Gasteiger partial charge on any atom is 0.273 e. The largest absolute Gasteiger partial charge is 0.348 e. The first-order valence-electron chi connectivity index (χ1n) is 8.38. The van der Waals surface area contributed by atoms with Crippen LogP contribution in [0.4, 0.5) is 0 Å². The number of hydrogen-bond acceptors (Lipinski definition) is 5. The number of aromatic nitrogens is 5. The number of amides is 1. The highest BCUT2D eigenvalue weighted by Gasteiger charge is 2.14. The Kier molecular flexibility index (Phi) is 5.82. The molecular weight excluding hydrogens is 328 g/mol. The van der Waals surface area contributed by atoms with Crippen LogP contribution in [0.25, 0.3) is 6.08 Å². The summed E-state index contributed by atoms with van der Waals surface area (Å²) in [6.45, 7) is 2.46. The lowest BCUT2D eigenvalue weighted by Crippen LogP contribution is -2.34. The molecule has 26 heavy (non-hydrogen) atoms. The van der Waals surface area contributed by atoms with Gasteiger partial charge < -0.3 is 5.32 Å². The first kappa shape index (κ1) is 17.5. The van der Waals surface area contributed by atoms with Crippen molar-refractivity contribution in [2.24, 2.45) is 0 Å². The second-order valence-electron chi connectivity index (χ2n) is 5.91. The summed E-state index contributed by atoms with van der Waals surface area (Å²) in [7, 11) is 0. The lowest BCUT2D eigenvalue weighted by molar-refractivity contribution is 0.0935. The summed E-state index contributed by atoms with van der Waals surface area (Å²) < 4.78 is 1.63. The van der Waals surface area contributed by atoms with Crippen molar-refractivity contribution >= 4 is 12.0 Å². The lowest BCUT2D eigenvalue weighted by Gasteiger charge is -2.11. The average molecular weight is 348 g/mol. The van der Waals surface area contributed by atoms with E-state index in [0.717, 1.165) is 11.3 Å². The summed E-state index contributed by atoms with van der Waals surface area (Å²) in [6.07, 6.45) is 11.2. The SMILES string of the molecule is CC(Cc1cnccn1)NC(=O)c1cn(C/C=C/c2ccccc2)nn1. The zero-order chi connectivity index (χ0) is 18.2. The molecule has 0 aliphatic carbocycles. The van der Waals surface area contributed by atoms with Crippen molar-refractivity contribution in [3.8, 4) is 0 Å². The molecule has 0 aliphatic heterocycles. The molecule has 1 aromatic carbocycles. The lowest BCUT2D eigenvalue weighted by atomic mass is 10.2. The highest BCUT2D eigenvalue weighted by Crippen LogP contribution is 2.02. The third kappa shape index (κ3) is 5.07. The highest BCUT2D eigenvalue weighted by atomic mass is 16.2. The normalized spacial score (nSPS) is 12.2. The monoisotopic (exact) mass is 348 g/mol. The molecule has 0 bridgehead atoms. The predicted molar refractivity (Wildman–Crippen MR) is 98.2 cm³/mol. The molecular formula is C19H20N6O. The summed E-state index contributed by atoms with van der Waals surface area (Å²) in [5, 5.41) is 10.8. The van der Waals surface area contributed by atoms with Gasteiger partial charge in [-0.25, -0.2) is 4.68 Å². The minimum atomic E-state index is -0.250. The summed E-state index contributed by atoms with van der Waals surface area (Å²) in [6, 6.07) is 9.91. The Hall–Kier alpha value is -3.35. The van der Waals surface area contributed by atoms with Crippen LogP contribution in [0.5, 0.6) is 0 Å². The van der Waals surface area contributed by atoms with Crippen LogP contribution in [0.2, 0.25) is 0 Å². The van der Waals surface area contributed by atoms with E-state index in [1.807, 2.05) is 49.4 Å². The standard InChI is InChI=1S/C19H20N6O/c1-15(12-17-13-20-9-10-21-17)22-19(26)18-14-25(24-23-18)11-5-8-16-6-3-2-4-7-16/h2-10,13-15H,11-12H2,1H3,(H,22,26)/b8-5+. The van der Waals surface area contributed by atoms with Crippen LogP contribution < -0.4 is 5.32 Å². The Labute approximate surface area is 151 Å². The van der Waals surface area contributed by atoms with E-state index in [9.17, 15) is 4.79 Å². The molecule has 7 nitrogen and oxygen atoms in total. The van der Waals surface area contributed by atoms with Crippen molar-refractivity contribution in [1.29, 1.82) is 0 Å². The number of nitrogens with one attached hydrogen (secondary N) is 1. The van der Waals surface area contributed by atoms with Gasteiger partial charge in [-0.3, -0.25) is 14.8 Å². The fourth-order valence-corrected chi connectivity index (χ4v) is 2.45. The van der Waals surface area contributed by atoms with E-state index in [0.29, 0.717) is 18.7 Å². The van der Waals surface area contributed by atoms with Gasteiger partial charge in [-0.05, 0) is 12.5 Å². The van der Waals surface area contributed by atoms with E-state index in [1.165, 1.54) is 0 Å². The third-order valence-electron chi connectivity index (χ3n) is 3.68. The summed E-state index contributed by atoms with van der Waals surface area (Å²) in [4.78, 5) is 20.5. The van der Waals surface area contributed by atoms with Crippen LogP contribution in [0.3, 0.4) is 0 Å². The quantitative estimate of drug-likeness (QED) is 0.707. The molecule has 7 heteroatoms. The second kappa shape index (κ2) is 8.66. The zero-order valence-electron chi connectivity index (χ0n) is 14.5. The van der Waals surface area contributed by atoms with Gasteiger partial charge in [-0.2, -0.15) is 0 Å². The second-order valence-corrected chi connectivity index (χ2v) is 5.91. The third-order valence-corrected chi connectivity index (χ3v) is 3.68. The number of benzene rings is 1. The molecule has 0 spiro atoms. The van der Waals surface area contributed by atoms with Crippen molar-refractivity contribution in [2.45, 2.75) is 25.9 Å². The smallest absolute Gasteiger partial charge is 0.273 e. The molecule has 1 unspecified atom stereocenters. The number of carbonyl (C=O) groups is 1. The van der Waals surface area contributed by atoms with Crippen molar-refractivity contribution in [3.63, 3.8) is 0 Å². The van der Waals surface area contributed by atoms with Crippen LogP contribution in [-0.2, 0) is 13.0 Å². The van der Waals surface area contributed by atoms with Crippen molar-refractivity contribution < 1.29 is 4.79 Å². The number of hydrogen-bond donors (Lipinski definition) is 1. The number of rotatable bonds is 7. The molecule has 2 aromatic heterocycles. The number of allylic oxidation sites excluding steroid dienone is 1. The van der Waals surface area contributed by atoms with E-state index in [1.54, 1.807) is 29.5 Å². The van der Waals surface area contributed by atoms with Crippen molar-refractivity contribution in [2.75, 3.05) is 0 Å². The van der Waals surface area contributed by atoms with Crippen LogP contribution in [0.15, 0.2) is 61.2 Å². The molecule has 2 heterocycles. The van der Waals surface area contributed by atoms with E-state index in [4.69, 9.17) is 0 Å².